The van der Waals surface area contributed by atoms with Gasteiger partial charge < -0.3 is 10.5 Å². The SMILES string of the molecule is COc1cc(F)c(N)c(Cc2ccc(I)cc2F)c1. The Balaban J connectivity index is 2.40. The third-order valence-electron chi connectivity index (χ3n) is 2.82. The molecule has 0 bridgehead atoms. The van der Waals surface area contributed by atoms with Gasteiger partial charge in [0.1, 0.15) is 17.4 Å². The van der Waals surface area contributed by atoms with Crippen molar-refractivity contribution in [3.8, 4) is 5.75 Å². The lowest BCUT2D eigenvalue weighted by molar-refractivity contribution is 0.411. The van der Waals surface area contributed by atoms with Crippen molar-refractivity contribution in [1.29, 1.82) is 0 Å². The minimum absolute atomic E-state index is 0.0266. The summed E-state index contributed by atoms with van der Waals surface area (Å²) in [6, 6.07) is 7.74. The summed E-state index contributed by atoms with van der Waals surface area (Å²) in [6.45, 7) is 0. The molecule has 2 aromatic carbocycles. The summed E-state index contributed by atoms with van der Waals surface area (Å²) >= 11 is 2.03. The van der Waals surface area contributed by atoms with Crippen molar-refractivity contribution in [2.24, 2.45) is 0 Å². The fraction of sp³-hybridized carbons (Fsp3) is 0.143. The van der Waals surface area contributed by atoms with Gasteiger partial charge >= 0.3 is 0 Å². The second kappa shape index (κ2) is 5.73. The van der Waals surface area contributed by atoms with Crippen LogP contribution in [0.25, 0.3) is 0 Å². The highest BCUT2D eigenvalue weighted by Gasteiger charge is 2.11. The van der Waals surface area contributed by atoms with Crippen LogP contribution in [-0.4, -0.2) is 7.11 Å². The lowest BCUT2D eigenvalue weighted by Crippen LogP contribution is -2.02. The number of hydrogen-bond donors (Lipinski definition) is 1. The first kappa shape index (κ1) is 14.0. The van der Waals surface area contributed by atoms with Gasteiger partial charge in [0, 0.05) is 16.1 Å². The van der Waals surface area contributed by atoms with E-state index in [1.165, 1.54) is 19.2 Å². The van der Waals surface area contributed by atoms with Gasteiger partial charge in [-0.3, -0.25) is 0 Å². The Kier molecular flexibility index (Phi) is 4.24. The van der Waals surface area contributed by atoms with Crippen LogP contribution in [0.3, 0.4) is 0 Å². The molecule has 0 unspecified atom stereocenters. The van der Waals surface area contributed by atoms with E-state index < -0.39 is 5.82 Å². The van der Waals surface area contributed by atoms with Crippen LogP contribution < -0.4 is 10.5 Å². The van der Waals surface area contributed by atoms with E-state index in [1.54, 1.807) is 18.2 Å². The second-order valence-electron chi connectivity index (χ2n) is 4.09. The van der Waals surface area contributed by atoms with Gasteiger partial charge in [0.15, 0.2) is 0 Å². The Morgan fingerprint density at radius 3 is 2.47 bits per heavy atom. The van der Waals surface area contributed by atoms with E-state index in [4.69, 9.17) is 10.5 Å². The largest absolute Gasteiger partial charge is 0.497 e. The minimum Gasteiger partial charge on any atom is -0.497 e. The van der Waals surface area contributed by atoms with Crippen LogP contribution in [0.5, 0.6) is 5.75 Å². The molecule has 19 heavy (non-hydrogen) atoms. The summed E-state index contributed by atoms with van der Waals surface area (Å²) in [6.07, 6.45) is 0.225. The first-order valence-electron chi connectivity index (χ1n) is 5.57. The van der Waals surface area contributed by atoms with Crippen molar-refractivity contribution < 1.29 is 13.5 Å². The number of nitrogen functional groups attached to an aromatic ring is 1. The maximum atomic E-state index is 13.8. The van der Waals surface area contributed by atoms with Gasteiger partial charge in [0.05, 0.1) is 12.8 Å². The molecule has 0 aliphatic heterocycles. The molecule has 0 amide bonds. The van der Waals surface area contributed by atoms with E-state index in [0.717, 1.165) is 3.57 Å². The van der Waals surface area contributed by atoms with Gasteiger partial charge in [0.2, 0.25) is 0 Å². The quantitative estimate of drug-likeness (QED) is 0.655. The van der Waals surface area contributed by atoms with Crippen LogP contribution in [0.15, 0.2) is 30.3 Å². The molecule has 0 fully saturated rings. The maximum absolute atomic E-state index is 13.8. The minimum atomic E-state index is -0.555. The Morgan fingerprint density at radius 2 is 1.84 bits per heavy atom. The monoisotopic (exact) mass is 375 g/mol. The standard InChI is InChI=1S/C14H12F2INO/c1-19-11-5-9(14(18)13(16)7-11)4-8-2-3-10(17)6-12(8)15/h2-3,5-7H,4,18H2,1H3. The van der Waals surface area contributed by atoms with Gasteiger partial charge in [-0.05, 0) is 51.9 Å². The van der Waals surface area contributed by atoms with E-state index in [0.29, 0.717) is 16.9 Å². The number of halogens is 3. The van der Waals surface area contributed by atoms with Crippen molar-refractivity contribution >= 4 is 28.3 Å². The molecule has 2 nitrogen and oxygen atoms in total. The number of benzene rings is 2. The Labute approximate surface area is 123 Å². The van der Waals surface area contributed by atoms with Crippen LogP contribution in [0, 0.1) is 15.2 Å². The summed E-state index contributed by atoms with van der Waals surface area (Å²) in [5.41, 5.74) is 6.69. The lowest BCUT2D eigenvalue weighted by atomic mass is 10.0. The number of hydrogen-bond acceptors (Lipinski definition) is 2. The zero-order chi connectivity index (χ0) is 14.0. The Morgan fingerprint density at radius 1 is 1.11 bits per heavy atom. The molecule has 0 atom stereocenters. The number of nitrogens with two attached hydrogens (primary N) is 1. The topological polar surface area (TPSA) is 35.2 Å². The maximum Gasteiger partial charge on any atom is 0.150 e. The van der Waals surface area contributed by atoms with Gasteiger partial charge in [-0.25, -0.2) is 8.78 Å². The molecule has 0 aliphatic rings. The van der Waals surface area contributed by atoms with E-state index in [-0.39, 0.29) is 17.9 Å². The number of rotatable bonds is 3. The van der Waals surface area contributed by atoms with Gasteiger partial charge in [-0.2, -0.15) is 0 Å². The molecule has 2 aromatic rings. The summed E-state index contributed by atoms with van der Waals surface area (Å²) in [4.78, 5) is 0. The number of ether oxygens (including phenoxy) is 1. The van der Waals surface area contributed by atoms with Crippen LogP contribution >= 0.6 is 22.6 Å². The van der Waals surface area contributed by atoms with Gasteiger partial charge in [-0.15, -0.1) is 0 Å². The van der Waals surface area contributed by atoms with Crippen LogP contribution in [0.4, 0.5) is 14.5 Å². The van der Waals surface area contributed by atoms with E-state index in [1.807, 2.05) is 22.6 Å². The molecule has 0 radical (unpaired) electrons. The van der Waals surface area contributed by atoms with Crippen molar-refractivity contribution in [3.05, 3.63) is 56.7 Å². The highest BCUT2D eigenvalue weighted by Crippen LogP contribution is 2.26. The molecule has 0 spiro atoms. The molecule has 0 aliphatic carbocycles. The normalized spacial score (nSPS) is 10.5. The van der Waals surface area contributed by atoms with E-state index in [2.05, 4.69) is 0 Å². The predicted octanol–water partition coefficient (Wildman–Crippen LogP) is 3.75. The predicted molar refractivity (Wildman–Crippen MR) is 79.3 cm³/mol. The Hall–Kier alpha value is -1.37. The van der Waals surface area contributed by atoms with E-state index in [9.17, 15) is 8.78 Å². The zero-order valence-corrected chi connectivity index (χ0v) is 12.4. The third kappa shape index (κ3) is 3.15. The molecule has 0 saturated carbocycles. The first-order chi connectivity index (χ1) is 9.01. The molecule has 0 heterocycles. The van der Waals surface area contributed by atoms with Crippen LogP contribution in [0.1, 0.15) is 11.1 Å². The summed E-state index contributed by atoms with van der Waals surface area (Å²) in [5, 5.41) is 0. The summed E-state index contributed by atoms with van der Waals surface area (Å²) in [7, 11) is 1.44. The number of anilines is 1. The summed E-state index contributed by atoms with van der Waals surface area (Å²) in [5.74, 6) is -0.512. The van der Waals surface area contributed by atoms with Crippen molar-refractivity contribution in [2.75, 3.05) is 12.8 Å². The molecular formula is C14H12F2INO. The van der Waals surface area contributed by atoms with Crippen LogP contribution in [0.2, 0.25) is 0 Å². The second-order valence-corrected chi connectivity index (χ2v) is 5.34. The molecule has 2 rings (SSSR count). The average Bonchev–Trinajstić information content (AvgIpc) is 2.37. The van der Waals surface area contributed by atoms with Crippen molar-refractivity contribution in [3.63, 3.8) is 0 Å². The molecule has 5 heteroatoms. The molecule has 0 saturated heterocycles. The number of methoxy groups -OCH3 is 1. The third-order valence-corrected chi connectivity index (χ3v) is 3.49. The van der Waals surface area contributed by atoms with Crippen molar-refractivity contribution in [2.45, 2.75) is 6.42 Å². The lowest BCUT2D eigenvalue weighted by Gasteiger charge is -2.10. The zero-order valence-electron chi connectivity index (χ0n) is 10.2. The highest BCUT2D eigenvalue weighted by molar-refractivity contribution is 14.1. The van der Waals surface area contributed by atoms with Crippen molar-refractivity contribution in [1.82, 2.24) is 0 Å². The fourth-order valence-corrected chi connectivity index (χ4v) is 2.23. The smallest absolute Gasteiger partial charge is 0.150 e. The molecule has 100 valence electrons. The summed E-state index contributed by atoms with van der Waals surface area (Å²) < 4.78 is 33.2. The van der Waals surface area contributed by atoms with Gasteiger partial charge in [0.25, 0.3) is 0 Å². The fourth-order valence-electron chi connectivity index (χ4n) is 1.78. The Bertz CT molecular complexity index is 617. The van der Waals surface area contributed by atoms with Crippen LogP contribution in [-0.2, 0) is 6.42 Å². The average molecular weight is 375 g/mol. The first-order valence-corrected chi connectivity index (χ1v) is 6.65. The molecular weight excluding hydrogens is 363 g/mol. The van der Waals surface area contributed by atoms with E-state index >= 15 is 0 Å². The molecule has 2 N–H and O–H groups in total. The van der Waals surface area contributed by atoms with Gasteiger partial charge in [-0.1, -0.05) is 6.07 Å². The molecule has 0 aromatic heterocycles. The highest BCUT2D eigenvalue weighted by atomic mass is 127.